The van der Waals surface area contributed by atoms with E-state index in [1.165, 1.54) is 5.56 Å². The lowest BCUT2D eigenvalue weighted by Gasteiger charge is -2.28. The average Bonchev–Trinajstić information content (AvgIpc) is 2.97. The van der Waals surface area contributed by atoms with Gasteiger partial charge in [-0.3, -0.25) is 4.90 Å². The number of fused-ring (bicyclic) bond motifs is 2. The molecule has 0 saturated carbocycles. The molecule has 2 aliphatic rings. The minimum atomic E-state index is 0.628. The molecule has 6 nitrogen and oxygen atoms in total. The number of hydrogen-bond donors (Lipinski definition) is 0. The highest BCUT2D eigenvalue weighted by Gasteiger charge is 2.21. The maximum atomic E-state index is 5.66. The van der Waals surface area contributed by atoms with Crippen LogP contribution in [0.25, 0.3) is 0 Å². The first-order chi connectivity index (χ1) is 10.8. The van der Waals surface area contributed by atoms with E-state index in [1.54, 1.807) is 0 Å². The summed E-state index contributed by atoms with van der Waals surface area (Å²) in [4.78, 5) is 2.40. The lowest BCUT2D eigenvalue weighted by atomic mass is 10.1. The highest BCUT2D eigenvalue weighted by atomic mass is 16.6. The van der Waals surface area contributed by atoms with Gasteiger partial charge >= 0.3 is 0 Å². The van der Waals surface area contributed by atoms with Crippen LogP contribution < -0.4 is 9.47 Å². The van der Waals surface area contributed by atoms with Crippen molar-refractivity contribution < 1.29 is 9.47 Å². The molecule has 1 aromatic heterocycles. The predicted octanol–water partition coefficient (Wildman–Crippen LogP) is 1.63. The molecule has 0 bridgehead atoms. The molecule has 0 atom stereocenters. The molecular weight excluding hydrogens is 280 g/mol. The summed E-state index contributed by atoms with van der Waals surface area (Å²) < 4.78 is 13.5. The highest BCUT2D eigenvalue weighted by Crippen LogP contribution is 2.31. The zero-order chi connectivity index (χ0) is 14.9. The van der Waals surface area contributed by atoms with E-state index >= 15 is 0 Å². The number of aromatic nitrogens is 3. The van der Waals surface area contributed by atoms with Gasteiger partial charge in [0.25, 0.3) is 0 Å². The van der Waals surface area contributed by atoms with Crippen molar-refractivity contribution in [2.45, 2.75) is 33.0 Å². The number of ether oxygens (including phenoxy) is 2. The molecule has 0 amide bonds. The Hall–Kier alpha value is -2.08. The number of rotatable bonds is 3. The Kier molecular flexibility index (Phi) is 3.46. The maximum Gasteiger partial charge on any atom is 0.161 e. The number of hydrogen-bond acceptors (Lipinski definition) is 5. The van der Waals surface area contributed by atoms with Crippen LogP contribution in [0.2, 0.25) is 0 Å². The van der Waals surface area contributed by atoms with Crippen molar-refractivity contribution in [3.63, 3.8) is 0 Å². The maximum absolute atomic E-state index is 5.66. The van der Waals surface area contributed by atoms with Gasteiger partial charge in [-0.2, -0.15) is 0 Å². The molecule has 6 heteroatoms. The molecule has 116 valence electrons. The quantitative estimate of drug-likeness (QED) is 0.862. The van der Waals surface area contributed by atoms with Gasteiger partial charge in [0.2, 0.25) is 0 Å². The minimum absolute atomic E-state index is 0.628. The van der Waals surface area contributed by atoms with E-state index < -0.39 is 0 Å². The number of aryl methyl sites for hydroxylation is 1. The second-order valence-electron chi connectivity index (χ2n) is 5.73. The highest BCUT2D eigenvalue weighted by molar-refractivity contribution is 5.43. The SMILES string of the molecule is CCc1nnc2n1CCN(Cc1ccc3c(c1)OCCO3)C2. The second-order valence-corrected chi connectivity index (χ2v) is 5.73. The van der Waals surface area contributed by atoms with Gasteiger partial charge in [0.05, 0.1) is 6.54 Å². The zero-order valence-electron chi connectivity index (χ0n) is 12.8. The fourth-order valence-electron chi connectivity index (χ4n) is 3.11. The Bertz CT molecular complexity index is 683. The largest absolute Gasteiger partial charge is 0.486 e. The number of nitrogens with zero attached hydrogens (tertiary/aromatic N) is 4. The van der Waals surface area contributed by atoms with Crippen LogP contribution in [-0.2, 0) is 26.1 Å². The van der Waals surface area contributed by atoms with Crippen LogP contribution in [0.3, 0.4) is 0 Å². The fourth-order valence-corrected chi connectivity index (χ4v) is 3.11. The van der Waals surface area contributed by atoms with E-state index in [1.807, 2.05) is 6.07 Å². The molecule has 3 heterocycles. The summed E-state index contributed by atoms with van der Waals surface area (Å²) in [7, 11) is 0. The first kappa shape index (κ1) is 13.6. The lowest BCUT2D eigenvalue weighted by Crippen LogP contribution is -2.34. The Morgan fingerprint density at radius 3 is 2.82 bits per heavy atom. The molecule has 0 aliphatic carbocycles. The molecule has 0 fully saturated rings. The van der Waals surface area contributed by atoms with Gasteiger partial charge < -0.3 is 14.0 Å². The van der Waals surface area contributed by atoms with Crippen LogP contribution in [0, 0.1) is 0 Å². The van der Waals surface area contributed by atoms with Crippen LogP contribution in [0.15, 0.2) is 18.2 Å². The molecule has 2 aliphatic heterocycles. The summed E-state index contributed by atoms with van der Waals surface area (Å²) in [5.41, 5.74) is 1.24. The molecule has 0 N–H and O–H groups in total. The van der Waals surface area contributed by atoms with Crippen molar-refractivity contribution in [1.82, 2.24) is 19.7 Å². The zero-order valence-corrected chi connectivity index (χ0v) is 12.8. The van der Waals surface area contributed by atoms with Crippen molar-refractivity contribution >= 4 is 0 Å². The van der Waals surface area contributed by atoms with E-state index in [-0.39, 0.29) is 0 Å². The summed E-state index contributed by atoms with van der Waals surface area (Å²) in [6.45, 7) is 7.12. The van der Waals surface area contributed by atoms with Crippen molar-refractivity contribution in [2.24, 2.45) is 0 Å². The molecule has 22 heavy (non-hydrogen) atoms. The van der Waals surface area contributed by atoms with E-state index in [9.17, 15) is 0 Å². The third-order valence-corrected chi connectivity index (χ3v) is 4.24. The normalized spacial score (nSPS) is 17.3. The van der Waals surface area contributed by atoms with Crippen molar-refractivity contribution in [1.29, 1.82) is 0 Å². The van der Waals surface area contributed by atoms with Gasteiger partial charge in [-0.05, 0) is 17.7 Å². The van der Waals surface area contributed by atoms with Crippen LogP contribution in [0.5, 0.6) is 11.5 Å². The molecule has 1 aromatic carbocycles. The minimum Gasteiger partial charge on any atom is -0.486 e. The molecule has 0 radical (unpaired) electrons. The van der Waals surface area contributed by atoms with Crippen molar-refractivity contribution in [3.05, 3.63) is 35.4 Å². The molecule has 4 rings (SSSR count). The van der Waals surface area contributed by atoms with Gasteiger partial charge in [-0.1, -0.05) is 13.0 Å². The monoisotopic (exact) mass is 300 g/mol. The Labute approximate surface area is 129 Å². The van der Waals surface area contributed by atoms with Crippen LogP contribution in [0.1, 0.15) is 24.1 Å². The Morgan fingerprint density at radius 2 is 1.95 bits per heavy atom. The first-order valence-electron chi connectivity index (χ1n) is 7.85. The van der Waals surface area contributed by atoms with Gasteiger partial charge in [0.1, 0.15) is 24.9 Å². The summed E-state index contributed by atoms with van der Waals surface area (Å²) in [5.74, 6) is 3.87. The summed E-state index contributed by atoms with van der Waals surface area (Å²) >= 11 is 0. The summed E-state index contributed by atoms with van der Waals surface area (Å²) in [6, 6.07) is 6.21. The first-order valence-corrected chi connectivity index (χ1v) is 7.85. The molecular formula is C16H20N4O2. The average molecular weight is 300 g/mol. The fraction of sp³-hybridized carbons (Fsp3) is 0.500. The Balaban J connectivity index is 1.48. The van der Waals surface area contributed by atoms with Crippen molar-refractivity contribution in [3.8, 4) is 11.5 Å². The third-order valence-electron chi connectivity index (χ3n) is 4.24. The third kappa shape index (κ3) is 2.43. The lowest BCUT2D eigenvalue weighted by molar-refractivity contribution is 0.170. The van der Waals surface area contributed by atoms with E-state index in [4.69, 9.17) is 9.47 Å². The van der Waals surface area contributed by atoms with Crippen LogP contribution in [0.4, 0.5) is 0 Å². The predicted molar refractivity (Wildman–Crippen MR) is 80.9 cm³/mol. The van der Waals surface area contributed by atoms with Gasteiger partial charge in [0, 0.05) is 26.1 Å². The second kappa shape index (κ2) is 5.61. The van der Waals surface area contributed by atoms with Gasteiger partial charge in [-0.25, -0.2) is 0 Å². The van der Waals surface area contributed by atoms with E-state index in [2.05, 4.69) is 38.7 Å². The van der Waals surface area contributed by atoms with Gasteiger partial charge in [-0.15, -0.1) is 10.2 Å². The standard InChI is InChI=1S/C16H20N4O2/c1-2-15-17-18-16-11-19(5-6-20(15)16)10-12-3-4-13-14(9-12)22-8-7-21-13/h3-4,9H,2,5-8,10-11H2,1H3. The molecule has 0 spiro atoms. The Morgan fingerprint density at radius 1 is 1.09 bits per heavy atom. The molecule has 2 aromatic rings. The van der Waals surface area contributed by atoms with Crippen molar-refractivity contribution in [2.75, 3.05) is 19.8 Å². The van der Waals surface area contributed by atoms with Gasteiger partial charge in [0.15, 0.2) is 11.5 Å². The smallest absolute Gasteiger partial charge is 0.161 e. The summed E-state index contributed by atoms with van der Waals surface area (Å²) in [6.07, 6.45) is 0.940. The topological polar surface area (TPSA) is 52.4 Å². The van der Waals surface area contributed by atoms with Crippen LogP contribution >= 0.6 is 0 Å². The van der Waals surface area contributed by atoms with E-state index in [0.717, 1.165) is 55.7 Å². The van der Waals surface area contributed by atoms with E-state index in [0.29, 0.717) is 13.2 Å². The molecule has 0 saturated heterocycles. The summed E-state index contributed by atoms with van der Waals surface area (Å²) in [5, 5.41) is 8.58. The molecule has 0 unspecified atom stereocenters. The number of benzene rings is 1. The van der Waals surface area contributed by atoms with Crippen LogP contribution in [-0.4, -0.2) is 39.4 Å².